The quantitative estimate of drug-likeness (QED) is 0.634. The van der Waals surface area contributed by atoms with Crippen molar-refractivity contribution in [3.05, 3.63) is 29.3 Å². The minimum atomic E-state index is -0.449. The maximum atomic E-state index is 11.6. The summed E-state index contributed by atoms with van der Waals surface area (Å²) in [6.07, 6.45) is 0.665. The van der Waals surface area contributed by atoms with Crippen molar-refractivity contribution < 1.29 is 19.1 Å². The first-order valence-electron chi connectivity index (χ1n) is 5.71. The molecule has 0 radical (unpaired) electrons. The zero-order chi connectivity index (χ0) is 13.5. The third kappa shape index (κ3) is 3.48. The number of para-hydroxylation sites is 1. The molecule has 0 atom stereocenters. The summed E-state index contributed by atoms with van der Waals surface area (Å²) in [5, 5.41) is 0. The Hall–Kier alpha value is -2.04. The Morgan fingerprint density at radius 1 is 1.33 bits per heavy atom. The van der Waals surface area contributed by atoms with E-state index < -0.39 is 5.97 Å². The number of anilines is 1. The summed E-state index contributed by atoms with van der Waals surface area (Å²) >= 11 is 0. The molecule has 0 unspecified atom stereocenters. The molecule has 2 N–H and O–H groups in total. The number of hydrogen-bond acceptors (Lipinski definition) is 5. The van der Waals surface area contributed by atoms with Crippen LogP contribution < -0.4 is 5.73 Å². The second-order valence-corrected chi connectivity index (χ2v) is 3.67. The first kappa shape index (κ1) is 14.0. The van der Waals surface area contributed by atoms with Gasteiger partial charge in [-0.05, 0) is 25.0 Å². The largest absolute Gasteiger partial charge is 0.469 e. The van der Waals surface area contributed by atoms with Crippen molar-refractivity contribution in [3.63, 3.8) is 0 Å². The van der Waals surface area contributed by atoms with Gasteiger partial charge in [0, 0.05) is 12.1 Å². The van der Waals surface area contributed by atoms with Gasteiger partial charge in [0.1, 0.15) is 0 Å². The number of aryl methyl sites for hydroxylation is 1. The van der Waals surface area contributed by atoms with E-state index in [0.29, 0.717) is 24.3 Å². The predicted molar refractivity (Wildman–Crippen MR) is 67.1 cm³/mol. The molecule has 5 nitrogen and oxygen atoms in total. The van der Waals surface area contributed by atoms with Crippen LogP contribution >= 0.6 is 0 Å². The van der Waals surface area contributed by atoms with Gasteiger partial charge in [0.2, 0.25) is 0 Å². The molecule has 0 saturated heterocycles. The molecular formula is C13H17NO4. The zero-order valence-electron chi connectivity index (χ0n) is 10.6. The maximum absolute atomic E-state index is 11.6. The van der Waals surface area contributed by atoms with Crippen LogP contribution in [0.3, 0.4) is 0 Å². The van der Waals surface area contributed by atoms with E-state index in [0.717, 1.165) is 5.56 Å². The maximum Gasteiger partial charge on any atom is 0.340 e. The van der Waals surface area contributed by atoms with Gasteiger partial charge in [-0.1, -0.05) is 12.1 Å². The molecule has 0 aliphatic heterocycles. The van der Waals surface area contributed by atoms with Crippen molar-refractivity contribution in [2.24, 2.45) is 0 Å². The number of esters is 2. The molecule has 0 aliphatic carbocycles. The predicted octanol–water partition coefficient (Wildman–Crippen LogP) is 1.55. The highest BCUT2D eigenvalue weighted by molar-refractivity contribution is 5.95. The first-order chi connectivity index (χ1) is 8.60. The van der Waals surface area contributed by atoms with E-state index >= 15 is 0 Å². The van der Waals surface area contributed by atoms with Crippen molar-refractivity contribution >= 4 is 17.6 Å². The van der Waals surface area contributed by atoms with Crippen LogP contribution in [0.5, 0.6) is 0 Å². The lowest BCUT2D eigenvalue weighted by molar-refractivity contribution is -0.140. The number of methoxy groups -OCH3 is 1. The van der Waals surface area contributed by atoms with E-state index in [-0.39, 0.29) is 12.4 Å². The Morgan fingerprint density at radius 2 is 2.06 bits per heavy atom. The number of carbonyl (C=O) groups is 2. The Balaban J connectivity index is 2.84. The van der Waals surface area contributed by atoms with E-state index in [1.165, 1.54) is 7.11 Å². The van der Waals surface area contributed by atoms with Crippen molar-refractivity contribution in [1.29, 1.82) is 0 Å². The van der Waals surface area contributed by atoms with E-state index in [1.54, 1.807) is 25.1 Å². The molecule has 0 fully saturated rings. The number of benzene rings is 1. The van der Waals surface area contributed by atoms with Crippen LogP contribution in [-0.2, 0) is 20.7 Å². The second kappa shape index (κ2) is 6.64. The summed E-state index contributed by atoms with van der Waals surface area (Å²) in [5.74, 6) is -0.758. The molecule has 1 aromatic carbocycles. The minimum Gasteiger partial charge on any atom is -0.469 e. The Morgan fingerprint density at radius 3 is 2.67 bits per heavy atom. The molecule has 18 heavy (non-hydrogen) atoms. The van der Waals surface area contributed by atoms with Gasteiger partial charge < -0.3 is 15.2 Å². The van der Waals surface area contributed by atoms with Crippen LogP contribution in [0.4, 0.5) is 5.69 Å². The molecule has 98 valence electrons. The highest BCUT2D eigenvalue weighted by Crippen LogP contribution is 2.20. The first-order valence-corrected chi connectivity index (χ1v) is 5.71. The summed E-state index contributed by atoms with van der Waals surface area (Å²) in [7, 11) is 1.33. The van der Waals surface area contributed by atoms with Crippen LogP contribution in [0.2, 0.25) is 0 Å². The molecule has 0 bridgehead atoms. The number of carbonyl (C=O) groups excluding carboxylic acids is 2. The highest BCUT2D eigenvalue weighted by Gasteiger charge is 2.14. The molecule has 5 heteroatoms. The van der Waals surface area contributed by atoms with Gasteiger partial charge in [0.15, 0.2) is 0 Å². The fourth-order valence-corrected chi connectivity index (χ4v) is 1.56. The smallest absolute Gasteiger partial charge is 0.340 e. The van der Waals surface area contributed by atoms with Crippen LogP contribution in [0.25, 0.3) is 0 Å². The number of ether oxygens (including phenoxy) is 2. The SMILES string of the molecule is CCOC(=O)c1cccc(CCC(=O)OC)c1N. The average molecular weight is 251 g/mol. The molecule has 0 aliphatic rings. The van der Waals surface area contributed by atoms with Gasteiger partial charge in [0.25, 0.3) is 0 Å². The lowest BCUT2D eigenvalue weighted by atomic mass is 10.0. The van der Waals surface area contributed by atoms with Crippen molar-refractivity contribution in [1.82, 2.24) is 0 Å². The molecule has 1 rings (SSSR count). The van der Waals surface area contributed by atoms with Gasteiger partial charge in [-0.15, -0.1) is 0 Å². The zero-order valence-corrected chi connectivity index (χ0v) is 10.6. The monoisotopic (exact) mass is 251 g/mol. The molecule has 0 saturated carbocycles. The standard InChI is InChI=1S/C13H17NO4/c1-3-18-13(16)10-6-4-5-9(12(10)14)7-8-11(15)17-2/h4-6H,3,7-8,14H2,1-2H3. The molecule has 0 spiro atoms. The third-order valence-electron chi connectivity index (χ3n) is 2.52. The number of nitrogen functional groups attached to an aromatic ring is 1. The van der Waals surface area contributed by atoms with Crippen molar-refractivity contribution in [2.45, 2.75) is 19.8 Å². The Kier molecular flexibility index (Phi) is 5.17. The molecule has 0 heterocycles. The van der Waals surface area contributed by atoms with E-state index in [1.807, 2.05) is 0 Å². The van der Waals surface area contributed by atoms with Crippen LogP contribution in [0.1, 0.15) is 29.3 Å². The topological polar surface area (TPSA) is 78.6 Å². The van der Waals surface area contributed by atoms with E-state index in [2.05, 4.69) is 4.74 Å². The summed E-state index contributed by atoms with van der Waals surface area (Å²) < 4.78 is 9.46. The van der Waals surface area contributed by atoms with E-state index in [9.17, 15) is 9.59 Å². The number of rotatable bonds is 5. The van der Waals surface area contributed by atoms with E-state index in [4.69, 9.17) is 10.5 Å². The Labute approximate surface area is 106 Å². The minimum absolute atomic E-state index is 0.229. The van der Waals surface area contributed by atoms with Gasteiger partial charge in [0.05, 0.1) is 19.3 Å². The molecular weight excluding hydrogens is 234 g/mol. The summed E-state index contributed by atoms with van der Waals surface area (Å²) in [5.41, 5.74) is 7.32. The lowest BCUT2D eigenvalue weighted by Crippen LogP contribution is -2.10. The van der Waals surface area contributed by atoms with Crippen molar-refractivity contribution in [3.8, 4) is 0 Å². The highest BCUT2D eigenvalue weighted by atomic mass is 16.5. The van der Waals surface area contributed by atoms with Gasteiger partial charge in [-0.25, -0.2) is 4.79 Å². The van der Waals surface area contributed by atoms with Crippen LogP contribution in [0.15, 0.2) is 18.2 Å². The Bertz CT molecular complexity index is 443. The fourth-order valence-electron chi connectivity index (χ4n) is 1.56. The van der Waals surface area contributed by atoms with Gasteiger partial charge in [-0.3, -0.25) is 4.79 Å². The summed E-state index contributed by atoms with van der Waals surface area (Å²) in [4.78, 5) is 22.7. The normalized spacial score (nSPS) is 9.89. The van der Waals surface area contributed by atoms with Crippen LogP contribution in [-0.4, -0.2) is 25.7 Å². The summed E-state index contributed by atoms with van der Waals surface area (Å²) in [6, 6.07) is 5.10. The lowest BCUT2D eigenvalue weighted by Gasteiger charge is -2.09. The molecule has 1 aromatic rings. The average Bonchev–Trinajstić information content (AvgIpc) is 2.37. The second-order valence-electron chi connectivity index (χ2n) is 3.67. The van der Waals surface area contributed by atoms with Crippen molar-refractivity contribution in [2.75, 3.05) is 19.5 Å². The number of nitrogens with two attached hydrogens (primary N) is 1. The molecule has 0 amide bonds. The summed E-state index contributed by atoms with van der Waals surface area (Å²) in [6.45, 7) is 2.03. The van der Waals surface area contributed by atoms with Gasteiger partial charge >= 0.3 is 11.9 Å². The van der Waals surface area contributed by atoms with Gasteiger partial charge in [-0.2, -0.15) is 0 Å². The van der Waals surface area contributed by atoms with Crippen LogP contribution in [0, 0.1) is 0 Å². The third-order valence-corrected chi connectivity index (χ3v) is 2.52. The number of hydrogen-bond donors (Lipinski definition) is 1. The fraction of sp³-hybridized carbons (Fsp3) is 0.385. The molecule has 0 aromatic heterocycles.